The summed E-state index contributed by atoms with van der Waals surface area (Å²) in [6, 6.07) is 0. The molecule has 2 unspecified atom stereocenters. The van der Waals surface area contributed by atoms with Gasteiger partial charge in [-0.25, -0.2) is 0 Å². The van der Waals surface area contributed by atoms with Crippen LogP contribution >= 0.6 is 0 Å². The van der Waals surface area contributed by atoms with Gasteiger partial charge in [0.2, 0.25) is 0 Å². The summed E-state index contributed by atoms with van der Waals surface area (Å²) in [7, 11) is 1.72. The molecule has 0 saturated carbocycles. The van der Waals surface area contributed by atoms with Gasteiger partial charge in [-0.15, -0.1) is 0 Å². The largest absolute Gasteiger partial charge is 0.395 e. The number of nitrogen functional groups attached to an aromatic ring is 1. The second-order valence-corrected chi connectivity index (χ2v) is 4.81. The summed E-state index contributed by atoms with van der Waals surface area (Å²) in [5, 5.41) is 7.04. The molecule has 0 aliphatic carbocycles. The quantitative estimate of drug-likeness (QED) is 0.819. The molecule has 1 saturated heterocycles. The molecule has 2 heterocycles. The van der Waals surface area contributed by atoms with Crippen LogP contribution in [0.5, 0.6) is 0 Å². The number of hydrogen-bond acceptors (Lipinski definition) is 4. The number of anilines is 1. The van der Waals surface area contributed by atoms with Crippen molar-refractivity contribution < 1.29 is 9.53 Å². The molecule has 2 rings (SSSR count). The van der Waals surface area contributed by atoms with E-state index < -0.39 is 0 Å². The molecule has 0 spiro atoms. The number of amides is 1. The van der Waals surface area contributed by atoms with E-state index in [1.165, 1.54) is 4.68 Å². The molecular weight excluding hydrogens is 232 g/mol. The Labute approximate surface area is 106 Å². The zero-order valence-corrected chi connectivity index (χ0v) is 11.1. The number of carbonyl (C=O) groups is 1. The molecule has 2 atom stereocenters. The normalized spacial score (nSPS) is 23.3. The zero-order chi connectivity index (χ0) is 13.3. The molecule has 0 aromatic carbocycles. The third-order valence-corrected chi connectivity index (χ3v) is 3.54. The Morgan fingerprint density at radius 1 is 1.67 bits per heavy atom. The van der Waals surface area contributed by atoms with Gasteiger partial charge in [0.15, 0.2) is 0 Å². The van der Waals surface area contributed by atoms with Crippen molar-refractivity contribution in [3.8, 4) is 0 Å². The van der Waals surface area contributed by atoms with Crippen LogP contribution in [0.2, 0.25) is 0 Å². The van der Waals surface area contributed by atoms with Crippen LogP contribution in [-0.4, -0.2) is 34.9 Å². The Morgan fingerprint density at radius 2 is 2.39 bits per heavy atom. The average Bonchev–Trinajstić information content (AvgIpc) is 2.81. The summed E-state index contributed by atoms with van der Waals surface area (Å²) in [6.07, 6.45) is 1.19. The van der Waals surface area contributed by atoms with Crippen molar-refractivity contribution in [2.75, 3.05) is 18.9 Å². The van der Waals surface area contributed by atoms with Crippen molar-refractivity contribution in [3.63, 3.8) is 0 Å². The van der Waals surface area contributed by atoms with Crippen molar-refractivity contribution in [1.82, 2.24) is 15.1 Å². The van der Waals surface area contributed by atoms with E-state index in [4.69, 9.17) is 10.5 Å². The highest BCUT2D eigenvalue weighted by Gasteiger charge is 2.25. The smallest absolute Gasteiger partial charge is 0.271 e. The maximum Gasteiger partial charge on any atom is 0.271 e. The standard InChI is InChI=1S/C12H20N4O2/c1-7-10(13)11(16(3)15-7)12(17)14-6-9-4-5-18-8(9)2/h8-9H,4-6,13H2,1-3H3,(H,14,17). The van der Waals surface area contributed by atoms with Gasteiger partial charge < -0.3 is 15.8 Å². The summed E-state index contributed by atoms with van der Waals surface area (Å²) in [5.74, 6) is 0.208. The number of aryl methyl sites for hydroxylation is 2. The SMILES string of the molecule is Cc1nn(C)c(C(=O)NCC2CCOC2C)c1N. The molecule has 0 bridgehead atoms. The first-order valence-electron chi connectivity index (χ1n) is 6.19. The van der Waals surface area contributed by atoms with Crippen LogP contribution in [0.3, 0.4) is 0 Å². The molecule has 1 amide bonds. The number of hydrogen-bond donors (Lipinski definition) is 2. The van der Waals surface area contributed by atoms with Crippen molar-refractivity contribution in [3.05, 3.63) is 11.4 Å². The number of rotatable bonds is 3. The summed E-state index contributed by atoms with van der Waals surface area (Å²) in [4.78, 5) is 12.1. The predicted octanol–water partition coefficient (Wildman–Crippen LogP) is 0.466. The van der Waals surface area contributed by atoms with E-state index in [2.05, 4.69) is 10.4 Å². The number of nitrogens with one attached hydrogen (secondary N) is 1. The van der Waals surface area contributed by atoms with Gasteiger partial charge in [-0.05, 0) is 20.3 Å². The molecule has 1 aliphatic rings. The van der Waals surface area contributed by atoms with Gasteiger partial charge in [-0.2, -0.15) is 5.10 Å². The van der Waals surface area contributed by atoms with Crippen molar-refractivity contribution in [1.29, 1.82) is 0 Å². The predicted molar refractivity (Wildman–Crippen MR) is 68.2 cm³/mol. The number of ether oxygens (including phenoxy) is 1. The minimum Gasteiger partial charge on any atom is -0.395 e. The Bertz CT molecular complexity index is 455. The Balaban J connectivity index is 1.99. The van der Waals surface area contributed by atoms with E-state index in [1.54, 1.807) is 14.0 Å². The Hall–Kier alpha value is -1.56. The summed E-state index contributed by atoms with van der Waals surface area (Å²) in [5.41, 5.74) is 7.41. The van der Waals surface area contributed by atoms with Crippen LogP contribution < -0.4 is 11.1 Å². The number of nitrogens with zero attached hydrogens (tertiary/aromatic N) is 2. The lowest BCUT2D eigenvalue weighted by Gasteiger charge is -2.14. The minimum atomic E-state index is -0.172. The highest BCUT2D eigenvalue weighted by atomic mass is 16.5. The lowest BCUT2D eigenvalue weighted by Crippen LogP contribution is -2.33. The first kappa shape index (κ1) is 12.9. The molecule has 1 aromatic rings. The van der Waals surface area contributed by atoms with E-state index in [0.717, 1.165) is 13.0 Å². The molecule has 6 heteroatoms. The maximum atomic E-state index is 12.1. The van der Waals surface area contributed by atoms with Crippen molar-refractivity contribution in [2.45, 2.75) is 26.4 Å². The fraction of sp³-hybridized carbons (Fsp3) is 0.667. The lowest BCUT2D eigenvalue weighted by molar-refractivity contribution is 0.0900. The van der Waals surface area contributed by atoms with Crippen LogP contribution in [0.4, 0.5) is 5.69 Å². The molecule has 1 aromatic heterocycles. The third-order valence-electron chi connectivity index (χ3n) is 3.54. The number of nitrogens with two attached hydrogens (primary N) is 1. The van der Waals surface area contributed by atoms with Crippen LogP contribution in [-0.2, 0) is 11.8 Å². The van der Waals surface area contributed by atoms with Gasteiger partial charge in [-0.3, -0.25) is 9.48 Å². The summed E-state index contributed by atoms with van der Waals surface area (Å²) >= 11 is 0. The van der Waals surface area contributed by atoms with E-state index in [-0.39, 0.29) is 12.0 Å². The topological polar surface area (TPSA) is 82.2 Å². The minimum absolute atomic E-state index is 0.172. The van der Waals surface area contributed by atoms with Crippen molar-refractivity contribution >= 4 is 11.6 Å². The van der Waals surface area contributed by atoms with E-state index in [1.807, 2.05) is 6.92 Å². The van der Waals surface area contributed by atoms with Crippen LogP contribution in [0.25, 0.3) is 0 Å². The first-order valence-corrected chi connectivity index (χ1v) is 6.19. The highest BCUT2D eigenvalue weighted by Crippen LogP contribution is 2.20. The monoisotopic (exact) mass is 252 g/mol. The van der Waals surface area contributed by atoms with E-state index in [9.17, 15) is 4.79 Å². The van der Waals surface area contributed by atoms with Gasteiger partial charge >= 0.3 is 0 Å². The Morgan fingerprint density at radius 3 is 2.89 bits per heavy atom. The molecule has 1 aliphatic heterocycles. The fourth-order valence-electron chi connectivity index (χ4n) is 2.30. The lowest BCUT2D eigenvalue weighted by atomic mass is 10.0. The van der Waals surface area contributed by atoms with E-state index in [0.29, 0.717) is 29.5 Å². The second kappa shape index (κ2) is 4.97. The maximum absolute atomic E-state index is 12.1. The van der Waals surface area contributed by atoms with Gasteiger partial charge in [-0.1, -0.05) is 0 Å². The molecule has 0 radical (unpaired) electrons. The second-order valence-electron chi connectivity index (χ2n) is 4.81. The molecule has 100 valence electrons. The number of aromatic nitrogens is 2. The van der Waals surface area contributed by atoms with Crippen LogP contribution in [0.15, 0.2) is 0 Å². The van der Waals surface area contributed by atoms with Crippen LogP contribution in [0, 0.1) is 12.8 Å². The summed E-state index contributed by atoms with van der Waals surface area (Å²) in [6.45, 7) is 5.21. The third kappa shape index (κ3) is 2.33. The first-order chi connectivity index (χ1) is 8.50. The van der Waals surface area contributed by atoms with Crippen molar-refractivity contribution in [2.24, 2.45) is 13.0 Å². The fourth-order valence-corrected chi connectivity index (χ4v) is 2.30. The molecule has 18 heavy (non-hydrogen) atoms. The number of carbonyl (C=O) groups excluding carboxylic acids is 1. The molecular formula is C12H20N4O2. The van der Waals surface area contributed by atoms with Gasteiger partial charge in [0, 0.05) is 26.1 Å². The molecule has 1 fully saturated rings. The van der Waals surface area contributed by atoms with Gasteiger partial charge in [0.1, 0.15) is 5.69 Å². The van der Waals surface area contributed by atoms with E-state index >= 15 is 0 Å². The van der Waals surface area contributed by atoms with Crippen LogP contribution in [0.1, 0.15) is 29.5 Å². The zero-order valence-electron chi connectivity index (χ0n) is 11.1. The molecule has 6 nitrogen and oxygen atoms in total. The highest BCUT2D eigenvalue weighted by molar-refractivity contribution is 5.97. The summed E-state index contributed by atoms with van der Waals surface area (Å²) < 4.78 is 6.98. The van der Waals surface area contributed by atoms with Gasteiger partial charge in [0.25, 0.3) is 5.91 Å². The molecule has 3 N–H and O–H groups in total. The average molecular weight is 252 g/mol. The Kier molecular flexibility index (Phi) is 3.56. The van der Waals surface area contributed by atoms with Gasteiger partial charge in [0.05, 0.1) is 17.5 Å².